The number of pyridine rings is 1. The molecule has 0 bridgehead atoms. The van der Waals surface area contributed by atoms with Gasteiger partial charge in [0, 0.05) is 18.2 Å². The molecule has 3 N–H and O–H groups in total. The molecule has 0 unspecified atom stereocenters. The predicted octanol–water partition coefficient (Wildman–Crippen LogP) is 0.0127. The maximum absolute atomic E-state index is 10.8. The van der Waals surface area contributed by atoms with E-state index in [2.05, 4.69) is 10.4 Å². The van der Waals surface area contributed by atoms with E-state index in [0.717, 1.165) is 5.69 Å². The topological polar surface area (TPSA) is 77.2 Å². The zero-order valence-corrected chi connectivity index (χ0v) is 7.99. The Labute approximate surface area is 82.2 Å². The molecule has 1 heterocycles. The van der Waals surface area contributed by atoms with Gasteiger partial charge in [-0.05, 0) is 12.5 Å². The van der Waals surface area contributed by atoms with Crippen LogP contribution in [0, 0.1) is 0 Å². The van der Waals surface area contributed by atoms with Crippen molar-refractivity contribution in [3.8, 4) is 5.88 Å². The molecular weight excluding hydrogens is 182 g/mol. The van der Waals surface area contributed by atoms with Gasteiger partial charge in [-0.3, -0.25) is 10.2 Å². The summed E-state index contributed by atoms with van der Waals surface area (Å²) in [5.74, 6) is 5.30. The first-order chi connectivity index (χ1) is 6.76. The van der Waals surface area contributed by atoms with E-state index in [1.165, 1.54) is 0 Å². The molecule has 1 rings (SSSR count). The Morgan fingerprint density at radius 3 is 3.07 bits per heavy atom. The van der Waals surface area contributed by atoms with Crippen molar-refractivity contribution in [2.45, 2.75) is 12.8 Å². The molecule has 0 fully saturated rings. The van der Waals surface area contributed by atoms with Crippen LogP contribution in [0.4, 0.5) is 0 Å². The number of aryl methyl sites for hydroxylation is 1. The summed E-state index contributed by atoms with van der Waals surface area (Å²) in [6.45, 7) is 0. The highest BCUT2D eigenvalue weighted by Crippen LogP contribution is 2.07. The average molecular weight is 195 g/mol. The molecule has 76 valence electrons. The van der Waals surface area contributed by atoms with Crippen LogP contribution >= 0.6 is 0 Å². The molecule has 0 spiro atoms. The number of ether oxygens (including phenoxy) is 1. The third-order valence-corrected chi connectivity index (χ3v) is 1.76. The number of nitrogens with one attached hydrogen (secondary N) is 1. The van der Waals surface area contributed by atoms with Crippen LogP contribution in [0.15, 0.2) is 18.2 Å². The van der Waals surface area contributed by atoms with Crippen LogP contribution < -0.4 is 16.0 Å². The smallest absolute Gasteiger partial charge is 0.234 e. The molecular formula is C9H13N3O2. The van der Waals surface area contributed by atoms with Crippen molar-refractivity contribution < 1.29 is 9.53 Å². The van der Waals surface area contributed by atoms with Crippen molar-refractivity contribution in [2.24, 2.45) is 5.84 Å². The Morgan fingerprint density at radius 1 is 1.64 bits per heavy atom. The Bertz CT molecular complexity index is 315. The predicted molar refractivity (Wildman–Crippen MR) is 51.4 cm³/mol. The summed E-state index contributed by atoms with van der Waals surface area (Å²) < 4.78 is 4.95. The summed E-state index contributed by atoms with van der Waals surface area (Å²) in [4.78, 5) is 15.0. The maximum atomic E-state index is 10.8. The monoisotopic (exact) mass is 195 g/mol. The molecule has 1 aromatic heterocycles. The number of methoxy groups -OCH3 is 1. The third-order valence-electron chi connectivity index (χ3n) is 1.76. The largest absolute Gasteiger partial charge is 0.481 e. The summed E-state index contributed by atoms with van der Waals surface area (Å²) in [5, 5.41) is 0. The molecule has 5 heteroatoms. The summed E-state index contributed by atoms with van der Waals surface area (Å²) in [5.41, 5.74) is 2.88. The number of amides is 1. The lowest BCUT2D eigenvalue weighted by Gasteiger charge is -2.02. The third kappa shape index (κ3) is 3.02. The van der Waals surface area contributed by atoms with Gasteiger partial charge in [0.15, 0.2) is 0 Å². The second kappa shape index (κ2) is 5.18. The van der Waals surface area contributed by atoms with E-state index in [1.54, 1.807) is 13.2 Å². The van der Waals surface area contributed by atoms with Crippen LogP contribution in [0.25, 0.3) is 0 Å². The van der Waals surface area contributed by atoms with Gasteiger partial charge in [0.25, 0.3) is 0 Å². The summed E-state index contributed by atoms with van der Waals surface area (Å²) in [7, 11) is 1.55. The number of nitrogens with two attached hydrogens (primary N) is 1. The lowest BCUT2D eigenvalue weighted by molar-refractivity contribution is -0.121. The molecule has 0 radical (unpaired) electrons. The Balaban J connectivity index is 2.54. The van der Waals surface area contributed by atoms with E-state index in [1.807, 2.05) is 12.1 Å². The lowest BCUT2D eigenvalue weighted by Crippen LogP contribution is -2.30. The van der Waals surface area contributed by atoms with Gasteiger partial charge in [-0.1, -0.05) is 6.07 Å². The average Bonchev–Trinajstić information content (AvgIpc) is 2.26. The highest BCUT2D eigenvalue weighted by Gasteiger charge is 2.01. The molecule has 0 aromatic carbocycles. The van der Waals surface area contributed by atoms with Crippen LogP contribution in [0.1, 0.15) is 12.1 Å². The second-order valence-electron chi connectivity index (χ2n) is 2.74. The van der Waals surface area contributed by atoms with Crippen molar-refractivity contribution in [2.75, 3.05) is 7.11 Å². The van der Waals surface area contributed by atoms with Crippen molar-refractivity contribution in [1.29, 1.82) is 0 Å². The van der Waals surface area contributed by atoms with Gasteiger partial charge < -0.3 is 4.74 Å². The molecule has 14 heavy (non-hydrogen) atoms. The normalized spacial score (nSPS) is 9.57. The fraction of sp³-hybridized carbons (Fsp3) is 0.333. The van der Waals surface area contributed by atoms with Crippen molar-refractivity contribution in [1.82, 2.24) is 10.4 Å². The highest BCUT2D eigenvalue weighted by atomic mass is 16.5. The molecule has 0 aliphatic carbocycles. The van der Waals surface area contributed by atoms with Crippen molar-refractivity contribution in [3.05, 3.63) is 23.9 Å². The number of carbonyl (C=O) groups excluding carboxylic acids is 1. The SMILES string of the molecule is COc1cccc(CCC(=O)NN)n1. The molecule has 0 aliphatic rings. The van der Waals surface area contributed by atoms with Gasteiger partial charge >= 0.3 is 0 Å². The van der Waals surface area contributed by atoms with Crippen LogP contribution in [0.2, 0.25) is 0 Å². The molecule has 5 nitrogen and oxygen atoms in total. The fourth-order valence-electron chi connectivity index (χ4n) is 1.02. The molecule has 1 amide bonds. The minimum absolute atomic E-state index is 0.199. The summed E-state index contributed by atoms with van der Waals surface area (Å²) in [6, 6.07) is 5.43. The minimum Gasteiger partial charge on any atom is -0.481 e. The fourth-order valence-corrected chi connectivity index (χ4v) is 1.02. The quantitative estimate of drug-likeness (QED) is 0.403. The number of hydrogen-bond acceptors (Lipinski definition) is 4. The number of nitrogens with zero attached hydrogens (tertiary/aromatic N) is 1. The molecule has 0 atom stereocenters. The van der Waals surface area contributed by atoms with Gasteiger partial charge in [-0.15, -0.1) is 0 Å². The van der Waals surface area contributed by atoms with E-state index < -0.39 is 0 Å². The van der Waals surface area contributed by atoms with Crippen LogP contribution in [0.3, 0.4) is 0 Å². The summed E-state index contributed by atoms with van der Waals surface area (Å²) >= 11 is 0. The maximum Gasteiger partial charge on any atom is 0.234 e. The van der Waals surface area contributed by atoms with Crippen LogP contribution in [0.5, 0.6) is 5.88 Å². The van der Waals surface area contributed by atoms with Crippen molar-refractivity contribution >= 4 is 5.91 Å². The summed E-state index contributed by atoms with van der Waals surface area (Å²) in [6.07, 6.45) is 0.886. The van der Waals surface area contributed by atoms with E-state index in [4.69, 9.17) is 10.6 Å². The van der Waals surface area contributed by atoms with Crippen LogP contribution in [-0.2, 0) is 11.2 Å². The van der Waals surface area contributed by atoms with Gasteiger partial charge in [0.05, 0.1) is 7.11 Å². The van der Waals surface area contributed by atoms with E-state index in [9.17, 15) is 4.79 Å². The zero-order chi connectivity index (χ0) is 10.4. The van der Waals surface area contributed by atoms with Gasteiger partial charge in [0.1, 0.15) is 0 Å². The van der Waals surface area contributed by atoms with Crippen molar-refractivity contribution in [3.63, 3.8) is 0 Å². The first kappa shape index (κ1) is 10.5. The van der Waals surface area contributed by atoms with Gasteiger partial charge in [0.2, 0.25) is 11.8 Å². The number of hydrazine groups is 1. The van der Waals surface area contributed by atoms with Crippen LogP contribution in [-0.4, -0.2) is 18.0 Å². The Hall–Kier alpha value is -1.62. The molecule has 0 saturated carbocycles. The Morgan fingerprint density at radius 2 is 2.43 bits per heavy atom. The first-order valence-corrected chi connectivity index (χ1v) is 4.25. The second-order valence-corrected chi connectivity index (χ2v) is 2.74. The van der Waals surface area contributed by atoms with E-state index >= 15 is 0 Å². The standard InChI is InChI=1S/C9H13N3O2/c1-14-9-4-2-3-7(11-9)5-6-8(13)12-10/h2-4H,5-6,10H2,1H3,(H,12,13). The van der Waals surface area contributed by atoms with Gasteiger partial charge in [-0.25, -0.2) is 10.8 Å². The van der Waals surface area contributed by atoms with E-state index in [0.29, 0.717) is 18.7 Å². The highest BCUT2D eigenvalue weighted by molar-refractivity contribution is 5.75. The van der Waals surface area contributed by atoms with E-state index in [-0.39, 0.29) is 5.91 Å². The minimum atomic E-state index is -0.199. The molecule has 0 saturated heterocycles. The number of aromatic nitrogens is 1. The molecule has 0 aliphatic heterocycles. The van der Waals surface area contributed by atoms with Gasteiger partial charge in [-0.2, -0.15) is 0 Å². The zero-order valence-electron chi connectivity index (χ0n) is 7.99. The number of rotatable bonds is 4. The first-order valence-electron chi connectivity index (χ1n) is 4.25. The number of hydrogen-bond donors (Lipinski definition) is 2. The number of carbonyl (C=O) groups is 1. The Kier molecular flexibility index (Phi) is 3.87. The molecule has 1 aromatic rings. The lowest BCUT2D eigenvalue weighted by atomic mass is 10.2.